The number of benzene rings is 1. The van der Waals surface area contributed by atoms with Crippen LogP contribution in [0.2, 0.25) is 0 Å². The minimum absolute atomic E-state index is 0.111. The number of nitro groups is 1. The van der Waals surface area contributed by atoms with Crippen molar-refractivity contribution in [2.45, 2.75) is 31.7 Å². The summed E-state index contributed by atoms with van der Waals surface area (Å²) in [6, 6.07) is 3.50. The van der Waals surface area contributed by atoms with Crippen LogP contribution >= 0.6 is 0 Å². The summed E-state index contributed by atoms with van der Waals surface area (Å²) in [5.74, 6) is -1.51. The minimum Gasteiger partial charge on any atom is -0.366 e. The summed E-state index contributed by atoms with van der Waals surface area (Å²) < 4.78 is 0. The van der Waals surface area contributed by atoms with Crippen LogP contribution in [0, 0.1) is 10.1 Å². The Labute approximate surface area is 143 Å². The Kier molecular flexibility index (Phi) is 4.64. The molecule has 2 N–H and O–H groups in total. The van der Waals surface area contributed by atoms with Crippen LogP contribution in [0.15, 0.2) is 18.2 Å². The van der Waals surface area contributed by atoms with E-state index in [0.29, 0.717) is 5.69 Å². The lowest BCUT2D eigenvalue weighted by Gasteiger charge is -2.22. The Bertz CT molecular complexity index is 742. The third-order valence-electron chi connectivity index (χ3n) is 4.43. The lowest BCUT2D eigenvalue weighted by atomic mass is 10.1. The number of nitrogens with one attached hydrogen (secondary N) is 2. The van der Waals surface area contributed by atoms with E-state index in [1.165, 1.54) is 12.1 Å². The number of amides is 3. The molecular weight excluding hydrogens is 328 g/mol. The van der Waals surface area contributed by atoms with Gasteiger partial charge in [-0.25, -0.2) is 0 Å². The third-order valence-corrected chi connectivity index (χ3v) is 4.43. The average molecular weight is 346 g/mol. The van der Waals surface area contributed by atoms with Crippen LogP contribution in [0.5, 0.6) is 0 Å². The molecule has 2 aliphatic heterocycles. The fourth-order valence-electron chi connectivity index (χ4n) is 3.11. The summed E-state index contributed by atoms with van der Waals surface area (Å²) in [7, 11) is 0. The highest BCUT2D eigenvalue weighted by Crippen LogP contribution is 2.31. The summed E-state index contributed by atoms with van der Waals surface area (Å²) in [4.78, 5) is 48.0. The maximum atomic E-state index is 12.3. The number of piperidine rings is 1. The van der Waals surface area contributed by atoms with E-state index < -0.39 is 22.8 Å². The second kappa shape index (κ2) is 6.88. The Hall–Kier alpha value is -2.97. The van der Waals surface area contributed by atoms with Crippen molar-refractivity contribution in [1.82, 2.24) is 10.6 Å². The molecule has 2 heterocycles. The third kappa shape index (κ3) is 3.59. The van der Waals surface area contributed by atoms with Gasteiger partial charge in [0.05, 0.1) is 4.92 Å². The molecule has 0 radical (unpaired) electrons. The Balaban J connectivity index is 1.78. The molecule has 0 aromatic heterocycles. The lowest BCUT2D eigenvalue weighted by Crippen LogP contribution is -2.52. The first-order chi connectivity index (χ1) is 12.0. The van der Waals surface area contributed by atoms with E-state index in [0.717, 1.165) is 25.9 Å². The molecule has 9 heteroatoms. The van der Waals surface area contributed by atoms with Gasteiger partial charge in [0.15, 0.2) is 0 Å². The zero-order chi connectivity index (χ0) is 18.0. The summed E-state index contributed by atoms with van der Waals surface area (Å²) in [6.45, 7) is 1.51. The van der Waals surface area contributed by atoms with Gasteiger partial charge in [-0.15, -0.1) is 0 Å². The van der Waals surface area contributed by atoms with E-state index >= 15 is 0 Å². The van der Waals surface area contributed by atoms with Gasteiger partial charge in [-0.1, -0.05) is 0 Å². The molecule has 0 bridgehead atoms. The minimum atomic E-state index is -0.817. The molecule has 2 saturated heterocycles. The highest BCUT2D eigenvalue weighted by molar-refractivity contribution is 6.04. The van der Waals surface area contributed by atoms with Crippen LogP contribution in [0.4, 0.5) is 11.4 Å². The van der Waals surface area contributed by atoms with Crippen LogP contribution in [0.1, 0.15) is 36.0 Å². The number of carbonyl (C=O) groups excluding carboxylic acids is 3. The topological polar surface area (TPSA) is 122 Å². The van der Waals surface area contributed by atoms with Gasteiger partial charge in [-0.05, 0) is 31.4 Å². The van der Waals surface area contributed by atoms with Gasteiger partial charge in [0.2, 0.25) is 11.8 Å². The number of nitrogens with zero attached hydrogens (tertiary/aromatic N) is 2. The molecule has 25 heavy (non-hydrogen) atoms. The van der Waals surface area contributed by atoms with Crippen molar-refractivity contribution in [2.75, 3.05) is 18.0 Å². The van der Waals surface area contributed by atoms with E-state index in [9.17, 15) is 24.5 Å². The highest BCUT2D eigenvalue weighted by Gasteiger charge is 2.29. The largest absolute Gasteiger partial charge is 0.366 e. The molecule has 2 fully saturated rings. The summed E-state index contributed by atoms with van der Waals surface area (Å²) >= 11 is 0. The highest BCUT2D eigenvalue weighted by atomic mass is 16.6. The summed E-state index contributed by atoms with van der Waals surface area (Å²) in [5, 5.41) is 16.1. The molecule has 1 aromatic carbocycles. The van der Waals surface area contributed by atoms with Crippen LogP contribution in [0.3, 0.4) is 0 Å². The predicted octanol–water partition coefficient (Wildman–Crippen LogP) is 0.730. The van der Waals surface area contributed by atoms with Crippen molar-refractivity contribution in [2.24, 2.45) is 0 Å². The van der Waals surface area contributed by atoms with Crippen LogP contribution in [-0.2, 0) is 9.59 Å². The van der Waals surface area contributed by atoms with Gasteiger partial charge in [0.25, 0.3) is 11.6 Å². The van der Waals surface area contributed by atoms with Crippen molar-refractivity contribution in [3.8, 4) is 0 Å². The van der Waals surface area contributed by atoms with Gasteiger partial charge in [-0.3, -0.25) is 29.8 Å². The van der Waals surface area contributed by atoms with E-state index in [1.807, 2.05) is 4.90 Å². The number of hydrogen-bond donors (Lipinski definition) is 2. The molecule has 1 atom stereocenters. The average Bonchev–Trinajstić information content (AvgIpc) is 3.11. The monoisotopic (exact) mass is 346 g/mol. The molecular formula is C16H18N4O5. The Morgan fingerprint density at radius 1 is 1.28 bits per heavy atom. The Morgan fingerprint density at radius 3 is 2.64 bits per heavy atom. The van der Waals surface area contributed by atoms with Crippen molar-refractivity contribution in [1.29, 1.82) is 0 Å². The zero-order valence-electron chi connectivity index (χ0n) is 13.5. The van der Waals surface area contributed by atoms with Crippen LogP contribution < -0.4 is 15.5 Å². The van der Waals surface area contributed by atoms with Crippen LogP contribution in [-0.4, -0.2) is 41.8 Å². The molecule has 1 aromatic rings. The van der Waals surface area contributed by atoms with E-state index in [2.05, 4.69) is 10.6 Å². The predicted molar refractivity (Wildman–Crippen MR) is 88.2 cm³/mol. The lowest BCUT2D eigenvalue weighted by molar-refractivity contribution is -0.384. The number of imide groups is 1. The smallest absolute Gasteiger partial charge is 0.293 e. The molecule has 0 spiro atoms. The fraction of sp³-hybridized carbons (Fsp3) is 0.438. The maximum Gasteiger partial charge on any atom is 0.293 e. The van der Waals surface area contributed by atoms with Gasteiger partial charge < -0.3 is 10.2 Å². The van der Waals surface area contributed by atoms with Gasteiger partial charge in [-0.2, -0.15) is 0 Å². The van der Waals surface area contributed by atoms with E-state index in [1.54, 1.807) is 6.07 Å². The van der Waals surface area contributed by atoms with Gasteiger partial charge >= 0.3 is 0 Å². The van der Waals surface area contributed by atoms with Crippen molar-refractivity contribution < 1.29 is 19.3 Å². The SMILES string of the molecule is O=C1CCC(NC(=O)c2ccc(N3CCCC3)c([N+](=O)[O-])c2)C(=O)N1. The fourth-order valence-corrected chi connectivity index (χ4v) is 3.11. The van der Waals surface area contributed by atoms with Crippen LogP contribution in [0.25, 0.3) is 0 Å². The normalized spacial score (nSPS) is 20.3. The second-order valence-corrected chi connectivity index (χ2v) is 6.13. The standard InChI is InChI=1S/C16H18N4O5/c21-14-6-4-11(16(23)18-14)17-15(22)10-3-5-12(13(9-10)20(24)25)19-7-1-2-8-19/h3,5,9,11H,1-2,4,6-8H2,(H,17,22)(H,18,21,23). The first kappa shape index (κ1) is 16.9. The molecule has 2 aliphatic rings. The molecule has 9 nitrogen and oxygen atoms in total. The van der Waals surface area contributed by atoms with E-state index in [4.69, 9.17) is 0 Å². The van der Waals surface area contributed by atoms with Gasteiger partial charge in [0.1, 0.15) is 11.7 Å². The van der Waals surface area contributed by atoms with Crippen molar-refractivity contribution >= 4 is 29.1 Å². The van der Waals surface area contributed by atoms with Gasteiger partial charge in [0, 0.05) is 31.1 Å². The number of rotatable bonds is 4. The Morgan fingerprint density at radius 2 is 2.00 bits per heavy atom. The first-order valence-electron chi connectivity index (χ1n) is 8.13. The quantitative estimate of drug-likeness (QED) is 0.471. The number of carbonyl (C=O) groups is 3. The second-order valence-electron chi connectivity index (χ2n) is 6.13. The first-order valence-corrected chi connectivity index (χ1v) is 8.13. The molecule has 1 unspecified atom stereocenters. The molecule has 132 valence electrons. The van der Waals surface area contributed by atoms with Crippen molar-refractivity contribution in [3.63, 3.8) is 0 Å². The number of anilines is 1. The molecule has 3 amide bonds. The molecule has 0 saturated carbocycles. The number of nitro benzene ring substituents is 1. The van der Waals surface area contributed by atoms with E-state index in [-0.39, 0.29) is 30.0 Å². The molecule has 3 rings (SSSR count). The summed E-state index contributed by atoms with van der Waals surface area (Å²) in [5.41, 5.74) is 0.484. The zero-order valence-corrected chi connectivity index (χ0v) is 13.5. The summed E-state index contributed by atoms with van der Waals surface area (Å²) in [6.07, 6.45) is 2.32. The van der Waals surface area contributed by atoms with Crippen molar-refractivity contribution in [3.05, 3.63) is 33.9 Å². The molecule has 0 aliphatic carbocycles. The maximum absolute atomic E-state index is 12.3. The number of hydrogen-bond acceptors (Lipinski definition) is 6.